The zero-order chi connectivity index (χ0) is 20.6. The second-order valence-corrected chi connectivity index (χ2v) is 9.64. The van der Waals surface area contributed by atoms with Gasteiger partial charge in [-0.25, -0.2) is 0 Å². The zero-order valence-electron chi connectivity index (χ0n) is 18.9. The van der Waals surface area contributed by atoms with Gasteiger partial charge in [-0.1, -0.05) is 58.9 Å². The lowest BCUT2D eigenvalue weighted by atomic mass is 9.85. The number of amides is 1. The molecule has 1 N–H and O–H groups in total. The van der Waals surface area contributed by atoms with Crippen LogP contribution in [0.5, 0.6) is 0 Å². The van der Waals surface area contributed by atoms with Gasteiger partial charge < -0.3 is 10.2 Å². The number of unbranched alkanes of at least 4 members (excludes halogenated alkanes) is 1. The number of hydrogen-bond donors (Lipinski definition) is 1. The van der Waals surface area contributed by atoms with Gasteiger partial charge in [0.1, 0.15) is 0 Å². The first-order chi connectivity index (χ1) is 13.3. The first-order valence-corrected chi connectivity index (χ1v) is 11.4. The number of carbonyl (C=O) groups excluding carboxylic acids is 1. The van der Waals surface area contributed by atoms with Crippen LogP contribution >= 0.6 is 0 Å². The average molecular weight is 387 g/mol. The van der Waals surface area contributed by atoms with Crippen LogP contribution in [0, 0.1) is 5.92 Å². The molecule has 1 aliphatic rings. The Bertz CT molecular complexity index is 588. The number of likely N-dealkylation sites (tertiary alicyclic amines) is 1. The fraction of sp³-hybridized carbons (Fsp3) is 0.720. The lowest BCUT2D eigenvalue weighted by Crippen LogP contribution is -2.37. The van der Waals surface area contributed by atoms with Gasteiger partial charge in [0, 0.05) is 25.6 Å². The predicted octanol–water partition coefficient (Wildman–Crippen LogP) is 5.32. The van der Waals surface area contributed by atoms with E-state index >= 15 is 0 Å². The van der Waals surface area contributed by atoms with Gasteiger partial charge in [-0.3, -0.25) is 4.79 Å². The van der Waals surface area contributed by atoms with Crippen molar-refractivity contribution in [3.8, 4) is 0 Å². The molecule has 1 heterocycles. The third kappa shape index (κ3) is 7.24. The zero-order valence-corrected chi connectivity index (χ0v) is 18.9. The molecule has 0 saturated carbocycles. The van der Waals surface area contributed by atoms with Crippen molar-refractivity contribution in [2.24, 2.45) is 5.92 Å². The van der Waals surface area contributed by atoms with Crippen LogP contribution in [0.25, 0.3) is 0 Å². The van der Waals surface area contributed by atoms with E-state index in [9.17, 15) is 4.79 Å². The number of rotatable bonds is 10. The first-order valence-electron chi connectivity index (χ1n) is 11.4. The molecule has 3 heteroatoms. The lowest BCUT2D eigenvalue weighted by Gasteiger charge is -2.27. The van der Waals surface area contributed by atoms with Crippen LogP contribution in [0.15, 0.2) is 24.3 Å². The largest absolute Gasteiger partial charge is 0.343 e. The molecule has 1 aliphatic heterocycles. The molecule has 3 nitrogen and oxygen atoms in total. The Balaban J connectivity index is 1.70. The Morgan fingerprint density at radius 3 is 2.43 bits per heavy atom. The van der Waals surface area contributed by atoms with Gasteiger partial charge in [-0.15, -0.1) is 0 Å². The van der Waals surface area contributed by atoms with Crippen molar-refractivity contribution in [3.63, 3.8) is 0 Å². The van der Waals surface area contributed by atoms with Crippen LogP contribution in [0.2, 0.25) is 0 Å². The normalized spacial score (nSPS) is 17.6. The molecule has 2 atom stereocenters. The van der Waals surface area contributed by atoms with Crippen molar-refractivity contribution in [2.45, 2.75) is 91.0 Å². The van der Waals surface area contributed by atoms with Crippen LogP contribution in [0.3, 0.4) is 0 Å². The number of piperidine rings is 1. The van der Waals surface area contributed by atoms with Crippen molar-refractivity contribution in [1.29, 1.82) is 0 Å². The molecular formula is C25H42N2O. The van der Waals surface area contributed by atoms with Crippen LogP contribution in [-0.2, 0) is 16.6 Å². The van der Waals surface area contributed by atoms with Crippen molar-refractivity contribution < 1.29 is 4.79 Å². The van der Waals surface area contributed by atoms with Crippen molar-refractivity contribution >= 4 is 5.91 Å². The van der Waals surface area contributed by atoms with Crippen LogP contribution in [0.1, 0.15) is 84.3 Å². The maximum atomic E-state index is 11.9. The first kappa shape index (κ1) is 22.9. The molecule has 0 aliphatic carbocycles. The Labute approximate surface area is 173 Å². The fourth-order valence-corrected chi connectivity index (χ4v) is 4.22. The SMILES string of the molecule is CCC(NCCCCN1CCCCC1=O)C(C)Cc1ccc(C(C)(C)C)cc1. The number of nitrogens with zero attached hydrogens (tertiary/aromatic N) is 1. The van der Waals surface area contributed by atoms with Gasteiger partial charge in [0.15, 0.2) is 0 Å². The quantitative estimate of drug-likeness (QED) is 0.552. The molecule has 2 rings (SSSR count). The summed E-state index contributed by atoms with van der Waals surface area (Å²) in [5.74, 6) is 0.978. The highest BCUT2D eigenvalue weighted by molar-refractivity contribution is 5.76. The molecule has 2 unspecified atom stereocenters. The molecule has 1 aromatic rings. The average Bonchev–Trinajstić information content (AvgIpc) is 2.65. The summed E-state index contributed by atoms with van der Waals surface area (Å²) in [7, 11) is 0. The van der Waals surface area contributed by atoms with E-state index in [4.69, 9.17) is 0 Å². The summed E-state index contributed by atoms with van der Waals surface area (Å²) >= 11 is 0. The van der Waals surface area contributed by atoms with E-state index in [1.807, 2.05) is 0 Å². The minimum Gasteiger partial charge on any atom is -0.343 e. The van der Waals surface area contributed by atoms with Crippen molar-refractivity contribution in [1.82, 2.24) is 10.2 Å². The number of nitrogens with one attached hydrogen (secondary N) is 1. The lowest BCUT2D eigenvalue weighted by molar-refractivity contribution is -0.133. The fourth-order valence-electron chi connectivity index (χ4n) is 4.22. The summed E-state index contributed by atoms with van der Waals surface area (Å²) in [6, 6.07) is 9.74. The van der Waals surface area contributed by atoms with E-state index in [0.29, 0.717) is 17.9 Å². The predicted molar refractivity (Wildman–Crippen MR) is 120 cm³/mol. The van der Waals surface area contributed by atoms with Gasteiger partial charge >= 0.3 is 0 Å². The Morgan fingerprint density at radius 2 is 1.82 bits per heavy atom. The number of benzene rings is 1. The van der Waals surface area contributed by atoms with Gasteiger partial charge in [-0.2, -0.15) is 0 Å². The van der Waals surface area contributed by atoms with Crippen LogP contribution in [0.4, 0.5) is 0 Å². The number of carbonyl (C=O) groups is 1. The van der Waals surface area contributed by atoms with E-state index in [1.165, 1.54) is 17.5 Å². The van der Waals surface area contributed by atoms with E-state index in [2.05, 4.69) is 69.1 Å². The highest BCUT2D eigenvalue weighted by atomic mass is 16.2. The monoisotopic (exact) mass is 386 g/mol. The molecule has 0 spiro atoms. The Morgan fingerprint density at radius 1 is 1.11 bits per heavy atom. The summed E-state index contributed by atoms with van der Waals surface area (Å²) in [4.78, 5) is 13.9. The van der Waals surface area contributed by atoms with Crippen LogP contribution in [-0.4, -0.2) is 36.5 Å². The third-order valence-corrected chi connectivity index (χ3v) is 6.19. The summed E-state index contributed by atoms with van der Waals surface area (Å²) in [6.07, 6.45) is 7.54. The second-order valence-electron chi connectivity index (χ2n) is 9.64. The summed E-state index contributed by atoms with van der Waals surface area (Å²) < 4.78 is 0. The molecule has 1 fully saturated rings. The maximum absolute atomic E-state index is 11.9. The van der Waals surface area contributed by atoms with Crippen molar-refractivity contribution in [3.05, 3.63) is 35.4 Å². The van der Waals surface area contributed by atoms with E-state index in [0.717, 1.165) is 58.2 Å². The molecule has 0 radical (unpaired) electrons. The van der Waals surface area contributed by atoms with E-state index in [1.54, 1.807) is 0 Å². The molecule has 158 valence electrons. The summed E-state index contributed by atoms with van der Waals surface area (Å²) in [6.45, 7) is 14.4. The molecule has 1 saturated heterocycles. The second kappa shape index (κ2) is 11.0. The van der Waals surface area contributed by atoms with E-state index < -0.39 is 0 Å². The molecule has 28 heavy (non-hydrogen) atoms. The molecule has 1 aromatic carbocycles. The van der Waals surface area contributed by atoms with Gasteiger partial charge in [-0.05, 0) is 67.5 Å². The highest BCUT2D eigenvalue weighted by Crippen LogP contribution is 2.23. The summed E-state index contributed by atoms with van der Waals surface area (Å²) in [5, 5.41) is 3.77. The van der Waals surface area contributed by atoms with E-state index in [-0.39, 0.29) is 5.41 Å². The summed E-state index contributed by atoms with van der Waals surface area (Å²) in [5.41, 5.74) is 3.06. The molecular weight excluding hydrogens is 344 g/mol. The Hall–Kier alpha value is -1.35. The smallest absolute Gasteiger partial charge is 0.222 e. The molecule has 1 amide bonds. The minimum atomic E-state index is 0.219. The topological polar surface area (TPSA) is 32.3 Å². The maximum Gasteiger partial charge on any atom is 0.222 e. The van der Waals surface area contributed by atoms with Gasteiger partial charge in [0.25, 0.3) is 0 Å². The third-order valence-electron chi connectivity index (χ3n) is 6.19. The van der Waals surface area contributed by atoms with Gasteiger partial charge in [0.2, 0.25) is 5.91 Å². The van der Waals surface area contributed by atoms with Crippen LogP contribution < -0.4 is 5.32 Å². The standard InChI is InChI=1S/C25H42N2O/c1-6-23(26-16-8-10-18-27-17-9-7-11-24(27)28)20(2)19-21-12-14-22(15-13-21)25(3,4)5/h12-15,20,23,26H,6-11,16-19H2,1-5H3. The molecule has 0 bridgehead atoms. The van der Waals surface area contributed by atoms with Crippen molar-refractivity contribution in [2.75, 3.05) is 19.6 Å². The highest BCUT2D eigenvalue weighted by Gasteiger charge is 2.18. The molecule has 0 aromatic heterocycles. The minimum absolute atomic E-state index is 0.219. The Kier molecular flexibility index (Phi) is 9.01. The number of hydrogen-bond acceptors (Lipinski definition) is 2. The van der Waals surface area contributed by atoms with Gasteiger partial charge in [0.05, 0.1) is 0 Å².